The van der Waals surface area contributed by atoms with Crippen molar-refractivity contribution in [3.05, 3.63) is 47.5 Å². The topological polar surface area (TPSA) is 61.0 Å². The highest BCUT2D eigenvalue weighted by atomic mass is 35.5. The Kier molecular flexibility index (Phi) is 5.18. The fraction of sp³-hybridized carbons (Fsp3) is 0.412. The van der Waals surface area contributed by atoms with Gasteiger partial charge in [-0.05, 0) is 49.8 Å². The molecule has 2 heterocycles. The van der Waals surface area contributed by atoms with E-state index in [1.807, 2.05) is 23.2 Å². The van der Waals surface area contributed by atoms with Crippen molar-refractivity contribution in [2.75, 3.05) is 18.4 Å². The van der Waals surface area contributed by atoms with Gasteiger partial charge in [-0.2, -0.15) is 0 Å². The summed E-state index contributed by atoms with van der Waals surface area (Å²) in [7, 11) is 0. The van der Waals surface area contributed by atoms with E-state index in [-0.39, 0.29) is 6.03 Å². The molecule has 2 amide bonds. The molecule has 6 heteroatoms. The molecule has 5 nitrogen and oxygen atoms in total. The minimum atomic E-state index is -0.0430. The molecule has 2 N–H and O–H groups in total. The van der Waals surface area contributed by atoms with Gasteiger partial charge in [0.05, 0.1) is 6.33 Å². The molecule has 1 fully saturated rings. The van der Waals surface area contributed by atoms with Gasteiger partial charge in [-0.15, -0.1) is 0 Å². The SMILES string of the molecule is O=C(Nc1cccc(Cl)c1)N1CCCC(CCc2cnc[nH]2)C1. The van der Waals surface area contributed by atoms with E-state index in [0.717, 1.165) is 43.7 Å². The van der Waals surface area contributed by atoms with Gasteiger partial charge in [0.25, 0.3) is 0 Å². The van der Waals surface area contributed by atoms with Crippen molar-refractivity contribution in [1.29, 1.82) is 0 Å². The third-order valence-corrected chi connectivity index (χ3v) is 4.49. The summed E-state index contributed by atoms with van der Waals surface area (Å²) in [6.45, 7) is 1.62. The van der Waals surface area contributed by atoms with E-state index < -0.39 is 0 Å². The lowest BCUT2D eigenvalue weighted by atomic mass is 9.93. The molecule has 2 aromatic rings. The maximum atomic E-state index is 12.4. The van der Waals surface area contributed by atoms with Crippen molar-refractivity contribution in [1.82, 2.24) is 14.9 Å². The molecule has 122 valence electrons. The Hall–Kier alpha value is -2.01. The third-order valence-electron chi connectivity index (χ3n) is 4.26. The lowest BCUT2D eigenvalue weighted by Gasteiger charge is -2.32. The van der Waals surface area contributed by atoms with Crippen molar-refractivity contribution >= 4 is 23.3 Å². The Bertz CT molecular complexity index is 644. The Morgan fingerprint density at radius 1 is 1.48 bits per heavy atom. The number of nitrogens with zero attached hydrogens (tertiary/aromatic N) is 2. The number of imidazole rings is 1. The van der Waals surface area contributed by atoms with E-state index in [0.29, 0.717) is 10.9 Å². The quantitative estimate of drug-likeness (QED) is 0.890. The van der Waals surface area contributed by atoms with Crippen LogP contribution < -0.4 is 5.32 Å². The number of aromatic nitrogens is 2. The summed E-state index contributed by atoms with van der Waals surface area (Å²) in [6, 6.07) is 7.20. The zero-order valence-electron chi connectivity index (χ0n) is 13.0. The van der Waals surface area contributed by atoms with Gasteiger partial charge in [0.1, 0.15) is 0 Å². The van der Waals surface area contributed by atoms with Crippen LogP contribution in [0.15, 0.2) is 36.8 Å². The fourth-order valence-electron chi connectivity index (χ4n) is 3.03. The van der Waals surface area contributed by atoms with Crippen LogP contribution in [0.2, 0.25) is 5.02 Å². The number of urea groups is 1. The molecular formula is C17H21ClN4O. The average Bonchev–Trinajstić information content (AvgIpc) is 3.07. The predicted molar refractivity (Wildman–Crippen MR) is 91.7 cm³/mol. The maximum absolute atomic E-state index is 12.4. The Morgan fingerprint density at radius 2 is 2.39 bits per heavy atom. The van der Waals surface area contributed by atoms with Crippen LogP contribution in [-0.2, 0) is 6.42 Å². The highest BCUT2D eigenvalue weighted by Gasteiger charge is 2.23. The summed E-state index contributed by atoms with van der Waals surface area (Å²) in [5, 5.41) is 3.55. The highest BCUT2D eigenvalue weighted by Crippen LogP contribution is 2.22. The van der Waals surface area contributed by atoms with E-state index in [4.69, 9.17) is 11.6 Å². The standard InChI is InChI=1S/C17H21ClN4O/c18-14-4-1-5-15(9-14)21-17(23)22-8-2-3-13(11-22)6-7-16-10-19-12-20-16/h1,4-5,9-10,12-13H,2-3,6-8,11H2,(H,19,20)(H,21,23). The number of amides is 2. The molecule has 1 aliphatic rings. The number of aromatic amines is 1. The minimum absolute atomic E-state index is 0.0430. The Labute approximate surface area is 141 Å². The van der Waals surface area contributed by atoms with Gasteiger partial charge < -0.3 is 15.2 Å². The molecule has 0 spiro atoms. The largest absolute Gasteiger partial charge is 0.348 e. The van der Waals surface area contributed by atoms with Crippen molar-refractivity contribution < 1.29 is 4.79 Å². The summed E-state index contributed by atoms with van der Waals surface area (Å²) >= 11 is 5.95. The molecule has 0 bridgehead atoms. The van der Waals surface area contributed by atoms with Gasteiger partial charge in [-0.25, -0.2) is 9.78 Å². The number of nitrogens with one attached hydrogen (secondary N) is 2. The molecule has 1 aromatic heterocycles. The second kappa shape index (κ2) is 7.51. The Balaban J connectivity index is 1.52. The first kappa shape index (κ1) is 15.9. The predicted octanol–water partition coefficient (Wildman–Crippen LogP) is 3.94. The molecular weight excluding hydrogens is 312 g/mol. The number of rotatable bonds is 4. The smallest absolute Gasteiger partial charge is 0.321 e. The minimum Gasteiger partial charge on any atom is -0.348 e. The van der Waals surface area contributed by atoms with Gasteiger partial charge in [-0.1, -0.05) is 17.7 Å². The number of H-pyrrole nitrogens is 1. The number of benzene rings is 1. The van der Waals surface area contributed by atoms with E-state index >= 15 is 0 Å². The number of hydrogen-bond acceptors (Lipinski definition) is 2. The van der Waals surface area contributed by atoms with E-state index in [9.17, 15) is 4.79 Å². The van der Waals surface area contributed by atoms with Gasteiger partial charge in [0, 0.05) is 35.7 Å². The maximum Gasteiger partial charge on any atom is 0.321 e. The highest BCUT2D eigenvalue weighted by molar-refractivity contribution is 6.30. The molecule has 1 aromatic carbocycles. The summed E-state index contributed by atoms with van der Waals surface area (Å²) in [5.41, 5.74) is 1.90. The average molecular weight is 333 g/mol. The first-order valence-electron chi connectivity index (χ1n) is 7.99. The molecule has 1 saturated heterocycles. The number of anilines is 1. The Morgan fingerprint density at radius 3 is 3.17 bits per heavy atom. The normalized spacial score (nSPS) is 18.0. The molecule has 1 aliphatic heterocycles. The molecule has 0 aliphatic carbocycles. The lowest BCUT2D eigenvalue weighted by molar-refractivity contribution is 0.174. The van der Waals surface area contributed by atoms with Crippen molar-refractivity contribution in [2.45, 2.75) is 25.7 Å². The van der Waals surface area contributed by atoms with Gasteiger partial charge in [0.2, 0.25) is 0 Å². The lowest BCUT2D eigenvalue weighted by Crippen LogP contribution is -2.42. The van der Waals surface area contributed by atoms with Gasteiger partial charge >= 0.3 is 6.03 Å². The van der Waals surface area contributed by atoms with Crippen molar-refractivity contribution in [3.8, 4) is 0 Å². The number of carbonyl (C=O) groups excluding carboxylic acids is 1. The molecule has 1 unspecified atom stereocenters. The second-order valence-corrected chi connectivity index (χ2v) is 6.45. The molecule has 3 rings (SSSR count). The van der Waals surface area contributed by atoms with Crippen LogP contribution in [0.1, 0.15) is 25.0 Å². The molecule has 1 atom stereocenters. The first-order valence-corrected chi connectivity index (χ1v) is 8.37. The number of likely N-dealkylation sites (tertiary alicyclic amines) is 1. The molecule has 0 saturated carbocycles. The van der Waals surface area contributed by atoms with Crippen LogP contribution in [0.5, 0.6) is 0 Å². The van der Waals surface area contributed by atoms with Crippen LogP contribution >= 0.6 is 11.6 Å². The monoisotopic (exact) mass is 332 g/mol. The fourth-order valence-corrected chi connectivity index (χ4v) is 3.23. The number of hydrogen-bond donors (Lipinski definition) is 2. The van der Waals surface area contributed by atoms with E-state index in [1.54, 1.807) is 18.5 Å². The number of aryl methyl sites for hydroxylation is 1. The van der Waals surface area contributed by atoms with Gasteiger partial charge in [-0.3, -0.25) is 0 Å². The van der Waals surface area contributed by atoms with Crippen LogP contribution in [0.4, 0.5) is 10.5 Å². The number of carbonyl (C=O) groups is 1. The molecule has 0 radical (unpaired) electrons. The summed E-state index contributed by atoms with van der Waals surface area (Å²) in [5.74, 6) is 0.539. The second-order valence-electron chi connectivity index (χ2n) is 6.01. The van der Waals surface area contributed by atoms with E-state index in [2.05, 4.69) is 15.3 Å². The van der Waals surface area contributed by atoms with Crippen molar-refractivity contribution in [2.24, 2.45) is 5.92 Å². The van der Waals surface area contributed by atoms with Crippen LogP contribution in [0.3, 0.4) is 0 Å². The van der Waals surface area contributed by atoms with Crippen molar-refractivity contribution in [3.63, 3.8) is 0 Å². The van der Waals surface area contributed by atoms with Crippen LogP contribution in [0.25, 0.3) is 0 Å². The summed E-state index contributed by atoms with van der Waals surface area (Å²) in [6.07, 6.45) is 7.86. The third kappa shape index (κ3) is 4.48. The zero-order chi connectivity index (χ0) is 16.1. The van der Waals surface area contributed by atoms with Crippen LogP contribution in [0, 0.1) is 5.92 Å². The van der Waals surface area contributed by atoms with Crippen LogP contribution in [-0.4, -0.2) is 34.0 Å². The van der Waals surface area contributed by atoms with Gasteiger partial charge in [0.15, 0.2) is 0 Å². The zero-order valence-corrected chi connectivity index (χ0v) is 13.7. The first-order chi connectivity index (χ1) is 11.2. The number of halogens is 1. The number of piperidine rings is 1. The summed E-state index contributed by atoms with van der Waals surface area (Å²) < 4.78 is 0. The summed E-state index contributed by atoms with van der Waals surface area (Å²) in [4.78, 5) is 21.5. The van der Waals surface area contributed by atoms with E-state index in [1.165, 1.54) is 6.42 Å². The molecule has 23 heavy (non-hydrogen) atoms.